The van der Waals surface area contributed by atoms with Gasteiger partial charge in [0.2, 0.25) is 0 Å². The normalized spacial score (nSPS) is 15.6. The Morgan fingerprint density at radius 2 is 1.83 bits per heavy atom. The quantitative estimate of drug-likeness (QED) is 0.944. The zero-order valence-electron chi connectivity index (χ0n) is 13.5. The molecule has 0 aliphatic carbocycles. The van der Waals surface area contributed by atoms with E-state index in [1.807, 2.05) is 54.3 Å². The molecule has 0 bridgehead atoms. The average molecular weight is 313 g/mol. The molecule has 2 amide bonds. The highest BCUT2D eigenvalue weighted by Crippen LogP contribution is 2.11. The molecule has 1 N–H and O–H groups in total. The van der Waals surface area contributed by atoms with Crippen LogP contribution in [0.4, 0.5) is 4.79 Å². The zero-order valence-corrected chi connectivity index (χ0v) is 13.5. The summed E-state index contributed by atoms with van der Waals surface area (Å²) in [5, 5.41) is 2.99. The van der Waals surface area contributed by atoms with E-state index in [1.54, 1.807) is 0 Å². The number of nitrogens with zero attached hydrogens (tertiary/aromatic N) is 2. The first-order chi connectivity index (χ1) is 11.2. The van der Waals surface area contributed by atoms with E-state index in [2.05, 4.69) is 10.2 Å². The van der Waals surface area contributed by atoms with Gasteiger partial charge in [0, 0.05) is 32.7 Å². The Hall–Kier alpha value is -2.27. The molecule has 1 aromatic heterocycles. The highest BCUT2D eigenvalue weighted by molar-refractivity contribution is 5.74. The van der Waals surface area contributed by atoms with E-state index in [9.17, 15) is 4.79 Å². The molecular formula is C18H23N3O2. The van der Waals surface area contributed by atoms with Crippen molar-refractivity contribution >= 4 is 6.03 Å². The van der Waals surface area contributed by atoms with Crippen LogP contribution < -0.4 is 5.32 Å². The molecular weight excluding hydrogens is 290 g/mol. The van der Waals surface area contributed by atoms with Gasteiger partial charge in [-0.3, -0.25) is 4.90 Å². The predicted octanol–water partition coefficient (Wildman–Crippen LogP) is 2.62. The van der Waals surface area contributed by atoms with Gasteiger partial charge in [-0.05, 0) is 24.6 Å². The molecule has 1 aromatic carbocycles. The van der Waals surface area contributed by atoms with Crippen LogP contribution in [0.1, 0.15) is 17.1 Å². The van der Waals surface area contributed by atoms with Crippen LogP contribution in [0.15, 0.2) is 46.9 Å². The SMILES string of the molecule is Cc1ccc(CN2CCN(C(=O)NCc3ccccc3)CC2)o1. The number of nitrogens with one attached hydrogen (secondary N) is 1. The smallest absolute Gasteiger partial charge is 0.317 e. The highest BCUT2D eigenvalue weighted by atomic mass is 16.3. The van der Waals surface area contributed by atoms with Crippen LogP contribution in [0.3, 0.4) is 0 Å². The minimum Gasteiger partial charge on any atom is -0.465 e. The number of aryl methyl sites for hydroxylation is 1. The third-order valence-electron chi connectivity index (χ3n) is 4.12. The van der Waals surface area contributed by atoms with E-state index >= 15 is 0 Å². The van der Waals surface area contributed by atoms with Crippen LogP contribution in [-0.2, 0) is 13.1 Å². The number of hydrogen-bond acceptors (Lipinski definition) is 3. The summed E-state index contributed by atoms with van der Waals surface area (Å²) >= 11 is 0. The number of urea groups is 1. The molecule has 0 unspecified atom stereocenters. The Balaban J connectivity index is 1.42. The molecule has 122 valence electrons. The maximum Gasteiger partial charge on any atom is 0.317 e. The maximum atomic E-state index is 12.2. The van der Waals surface area contributed by atoms with Crippen LogP contribution in [0, 0.1) is 6.92 Å². The molecule has 0 saturated carbocycles. The van der Waals surface area contributed by atoms with Crippen molar-refractivity contribution in [3.8, 4) is 0 Å². The zero-order chi connectivity index (χ0) is 16.1. The fourth-order valence-electron chi connectivity index (χ4n) is 2.78. The van der Waals surface area contributed by atoms with Crippen molar-refractivity contribution in [3.05, 3.63) is 59.5 Å². The molecule has 2 aromatic rings. The molecule has 1 aliphatic rings. The van der Waals surface area contributed by atoms with Crippen molar-refractivity contribution in [1.82, 2.24) is 15.1 Å². The number of rotatable bonds is 4. The topological polar surface area (TPSA) is 48.7 Å². The van der Waals surface area contributed by atoms with E-state index < -0.39 is 0 Å². The van der Waals surface area contributed by atoms with Gasteiger partial charge >= 0.3 is 6.03 Å². The van der Waals surface area contributed by atoms with Crippen LogP contribution in [0.2, 0.25) is 0 Å². The molecule has 3 rings (SSSR count). The number of piperazine rings is 1. The fraction of sp³-hybridized carbons (Fsp3) is 0.389. The van der Waals surface area contributed by atoms with Crippen molar-refractivity contribution in [3.63, 3.8) is 0 Å². The average Bonchev–Trinajstić information content (AvgIpc) is 2.99. The summed E-state index contributed by atoms with van der Waals surface area (Å²) in [7, 11) is 0. The molecule has 1 aliphatic heterocycles. The van der Waals surface area contributed by atoms with Crippen molar-refractivity contribution in [2.45, 2.75) is 20.0 Å². The van der Waals surface area contributed by atoms with E-state index in [0.29, 0.717) is 6.54 Å². The van der Waals surface area contributed by atoms with Gasteiger partial charge in [-0.2, -0.15) is 0 Å². The van der Waals surface area contributed by atoms with Crippen LogP contribution in [0.25, 0.3) is 0 Å². The summed E-state index contributed by atoms with van der Waals surface area (Å²) in [6.07, 6.45) is 0. The van der Waals surface area contributed by atoms with Crippen molar-refractivity contribution in [1.29, 1.82) is 0 Å². The third kappa shape index (κ3) is 4.36. The van der Waals surface area contributed by atoms with Crippen LogP contribution >= 0.6 is 0 Å². The van der Waals surface area contributed by atoms with E-state index in [-0.39, 0.29) is 6.03 Å². The summed E-state index contributed by atoms with van der Waals surface area (Å²) in [5.74, 6) is 1.93. The second-order valence-electron chi connectivity index (χ2n) is 5.92. The fourth-order valence-corrected chi connectivity index (χ4v) is 2.78. The summed E-state index contributed by atoms with van der Waals surface area (Å²) in [6.45, 7) is 6.59. The summed E-state index contributed by atoms with van der Waals surface area (Å²) in [4.78, 5) is 16.4. The van der Waals surface area contributed by atoms with Crippen molar-refractivity contribution in [2.24, 2.45) is 0 Å². The third-order valence-corrected chi connectivity index (χ3v) is 4.12. The van der Waals surface area contributed by atoms with Gasteiger partial charge in [-0.25, -0.2) is 4.79 Å². The molecule has 5 heteroatoms. The second kappa shape index (κ2) is 7.33. The van der Waals surface area contributed by atoms with Crippen molar-refractivity contribution in [2.75, 3.05) is 26.2 Å². The van der Waals surface area contributed by atoms with Crippen LogP contribution in [-0.4, -0.2) is 42.0 Å². The molecule has 0 radical (unpaired) electrons. The summed E-state index contributed by atoms with van der Waals surface area (Å²) in [6, 6.07) is 14.0. The van der Waals surface area contributed by atoms with E-state index in [0.717, 1.165) is 49.8 Å². The van der Waals surface area contributed by atoms with Gasteiger partial charge in [0.05, 0.1) is 6.54 Å². The number of carbonyl (C=O) groups is 1. The lowest BCUT2D eigenvalue weighted by atomic mass is 10.2. The van der Waals surface area contributed by atoms with Gasteiger partial charge < -0.3 is 14.6 Å². The predicted molar refractivity (Wildman–Crippen MR) is 89.0 cm³/mol. The molecule has 1 fully saturated rings. The Kier molecular flexibility index (Phi) is 4.98. The maximum absolute atomic E-state index is 12.2. The first-order valence-corrected chi connectivity index (χ1v) is 8.05. The number of benzene rings is 1. The van der Waals surface area contributed by atoms with Crippen LogP contribution in [0.5, 0.6) is 0 Å². The number of furan rings is 1. The Labute approximate surface area is 136 Å². The van der Waals surface area contributed by atoms with Gasteiger partial charge in [-0.1, -0.05) is 30.3 Å². The molecule has 2 heterocycles. The van der Waals surface area contributed by atoms with Gasteiger partial charge in [0.15, 0.2) is 0 Å². The number of hydrogen-bond donors (Lipinski definition) is 1. The van der Waals surface area contributed by atoms with Gasteiger partial charge in [-0.15, -0.1) is 0 Å². The van der Waals surface area contributed by atoms with Gasteiger partial charge in [0.25, 0.3) is 0 Å². The lowest BCUT2D eigenvalue weighted by Gasteiger charge is -2.34. The number of amides is 2. The molecule has 0 spiro atoms. The minimum absolute atomic E-state index is 0.0161. The first-order valence-electron chi connectivity index (χ1n) is 8.05. The van der Waals surface area contributed by atoms with E-state index in [1.165, 1.54) is 0 Å². The van der Waals surface area contributed by atoms with E-state index in [4.69, 9.17) is 4.42 Å². The summed E-state index contributed by atoms with van der Waals surface area (Å²) in [5.41, 5.74) is 1.12. The molecule has 1 saturated heterocycles. The monoisotopic (exact) mass is 313 g/mol. The first kappa shape index (κ1) is 15.6. The molecule has 23 heavy (non-hydrogen) atoms. The summed E-state index contributed by atoms with van der Waals surface area (Å²) < 4.78 is 5.61. The highest BCUT2D eigenvalue weighted by Gasteiger charge is 2.21. The second-order valence-corrected chi connectivity index (χ2v) is 5.92. The molecule has 0 atom stereocenters. The standard InChI is InChI=1S/C18H23N3O2/c1-15-7-8-17(23-15)14-20-9-11-21(12-10-20)18(22)19-13-16-5-3-2-4-6-16/h2-8H,9-14H2,1H3,(H,19,22). The Morgan fingerprint density at radius 3 is 2.48 bits per heavy atom. The largest absolute Gasteiger partial charge is 0.465 e. The number of carbonyl (C=O) groups excluding carboxylic acids is 1. The van der Waals surface area contributed by atoms with Gasteiger partial charge in [0.1, 0.15) is 11.5 Å². The Morgan fingerprint density at radius 1 is 1.09 bits per heavy atom. The lowest BCUT2D eigenvalue weighted by molar-refractivity contribution is 0.129. The lowest BCUT2D eigenvalue weighted by Crippen LogP contribution is -2.51. The Bertz CT molecular complexity index is 631. The van der Waals surface area contributed by atoms with Crippen molar-refractivity contribution < 1.29 is 9.21 Å². The molecule has 5 nitrogen and oxygen atoms in total. The minimum atomic E-state index is 0.0161.